The minimum atomic E-state index is -3.84. The van der Waals surface area contributed by atoms with Crippen molar-refractivity contribution < 1.29 is 12.8 Å². The number of nitrogens with one attached hydrogen (secondary N) is 2. The Kier molecular flexibility index (Phi) is 6.00. The summed E-state index contributed by atoms with van der Waals surface area (Å²) in [5, 5.41) is 2.91. The fourth-order valence-electron chi connectivity index (χ4n) is 1.49. The van der Waals surface area contributed by atoms with Crippen molar-refractivity contribution >= 4 is 21.8 Å². The molecule has 1 aromatic rings. The first-order valence-electron chi connectivity index (χ1n) is 6.20. The third kappa shape index (κ3) is 4.73. The van der Waals surface area contributed by atoms with Crippen LogP contribution in [0, 0.1) is 5.82 Å². The molecule has 7 heteroatoms. The summed E-state index contributed by atoms with van der Waals surface area (Å²) in [6, 6.07) is 4.11. The number of hydrogen-bond acceptors (Lipinski definition) is 4. The van der Waals surface area contributed by atoms with Gasteiger partial charge in [-0.2, -0.15) is 11.8 Å². The molecule has 0 radical (unpaired) electrons. The van der Waals surface area contributed by atoms with Crippen molar-refractivity contribution in [3.63, 3.8) is 0 Å². The van der Waals surface area contributed by atoms with Crippen molar-refractivity contribution in [1.82, 2.24) is 10.0 Å². The van der Waals surface area contributed by atoms with Gasteiger partial charge in [0.05, 0.1) is 0 Å². The van der Waals surface area contributed by atoms with Gasteiger partial charge < -0.3 is 5.32 Å². The van der Waals surface area contributed by atoms with Crippen LogP contribution in [0.2, 0.25) is 0 Å². The molecule has 0 bridgehead atoms. The lowest BCUT2D eigenvalue weighted by molar-refractivity contribution is 0.549. The normalized spacial score (nSPS) is 12.7. The molecule has 0 heterocycles. The number of rotatable bonds is 7. The summed E-state index contributed by atoms with van der Waals surface area (Å²) in [5.41, 5.74) is 0.721. The zero-order valence-corrected chi connectivity index (χ0v) is 13.8. The lowest BCUT2D eigenvalue weighted by Gasteiger charge is -2.22. The Bertz CT molecular complexity index is 559. The summed E-state index contributed by atoms with van der Waals surface area (Å²) in [6.07, 6.45) is 1.91. The van der Waals surface area contributed by atoms with Crippen molar-refractivity contribution in [2.24, 2.45) is 0 Å². The highest BCUT2D eigenvalue weighted by molar-refractivity contribution is 8.00. The predicted molar refractivity (Wildman–Crippen MR) is 81.9 cm³/mol. The Morgan fingerprint density at radius 1 is 1.35 bits per heavy atom. The molecule has 20 heavy (non-hydrogen) atoms. The molecule has 114 valence electrons. The van der Waals surface area contributed by atoms with Crippen molar-refractivity contribution in [2.45, 2.75) is 30.0 Å². The van der Waals surface area contributed by atoms with E-state index >= 15 is 0 Å². The summed E-state index contributed by atoms with van der Waals surface area (Å²) < 4.78 is 40.4. The van der Waals surface area contributed by atoms with Gasteiger partial charge in [-0.15, -0.1) is 0 Å². The molecule has 4 nitrogen and oxygen atoms in total. The van der Waals surface area contributed by atoms with E-state index in [4.69, 9.17) is 0 Å². The SMILES string of the molecule is CNCc1ccc(F)c(S(=O)(=O)NCC(C)(C)SC)c1. The molecule has 0 amide bonds. The Morgan fingerprint density at radius 2 is 2.00 bits per heavy atom. The van der Waals surface area contributed by atoms with E-state index in [9.17, 15) is 12.8 Å². The zero-order valence-electron chi connectivity index (χ0n) is 12.2. The molecule has 1 rings (SSSR count). The number of halogens is 1. The summed E-state index contributed by atoms with van der Waals surface area (Å²) >= 11 is 1.55. The topological polar surface area (TPSA) is 58.2 Å². The maximum absolute atomic E-state index is 13.8. The average Bonchev–Trinajstić information content (AvgIpc) is 2.39. The van der Waals surface area contributed by atoms with Crippen LogP contribution < -0.4 is 10.0 Å². The monoisotopic (exact) mass is 320 g/mol. The number of thioether (sulfide) groups is 1. The van der Waals surface area contributed by atoms with Crippen LogP contribution >= 0.6 is 11.8 Å². The maximum atomic E-state index is 13.8. The molecule has 0 atom stereocenters. The summed E-state index contributed by atoms with van der Waals surface area (Å²) in [6.45, 7) is 4.58. The van der Waals surface area contributed by atoms with E-state index in [0.717, 1.165) is 5.56 Å². The zero-order chi connectivity index (χ0) is 15.4. The third-order valence-electron chi connectivity index (χ3n) is 2.91. The lowest BCUT2D eigenvalue weighted by Crippen LogP contribution is -2.36. The highest BCUT2D eigenvalue weighted by atomic mass is 32.2. The van der Waals surface area contributed by atoms with Crippen LogP contribution in [0.5, 0.6) is 0 Å². The molecule has 0 aromatic heterocycles. The summed E-state index contributed by atoms with van der Waals surface area (Å²) in [4.78, 5) is -0.304. The summed E-state index contributed by atoms with van der Waals surface area (Å²) in [5.74, 6) is -0.737. The van der Waals surface area contributed by atoms with Gasteiger partial charge in [0.2, 0.25) is 10.0 Å². The largest absolute Gasteiger partial charge is 0.316 e. The van der Waals surface area contributed by atoms with Crippen LogP contribution in [0.1, 0.15) is 19.4 Å². The van der Waals surface area contributed by atoms with Crippen LogP contribution in [0.15, 0.2) is 23.1 Å². The lowest BCUT2D eigenvalue weighted by atomic mass is 10.2. The molecule has 0 aliphatic heterocycles. The Morgan fingerprint density at radius 3 is 2.55 bits per heavy atom. The number of sulfonamides is 1. The van der Waals surface area contributed by atoms with E-state index < -0.39 is 15.8 Å². The molecule has 1 aromatic carbocycles. The number of benzene rings is 1. The van der Waals surface area contributed by atoms with E-state index in [1.165, 1.54) is 12.1 Å². The van der Waals surface area contributed by atoms with Crippen molar-refractivity contribution in [1.29, 1.82) is 0 Å². The van der Waals surface area contributed by atoms with Gasteiger partial charge in [0.1, 0.15) is 10.7 Å². The molecule has 0 saturated carbocycles. The van der Waals surface area contributed by atoms with Crippen LogP contribution in [-0.4, -0.2) is 33.0 Å². The first-order chi connectivity index (χ1) is 9.22. The molecule has 0 fully saturated rings. The Labute approximate surface area is 124 Å². The molecule has 0 unspecified atom stereocenters. The Hall–Kier alpha value is -0.630. The molecule has 2 N–H and O–H groups in total. The summed E-state index contributed by atoms with van der Waals surface area (Å²) in [7, 11) is -2.09. The Balaban J connectivity index is 3.00. The standard InChI is InChI=1S/C13H21FN2O2S2/c1-13(2,19-4)9-16-20(17,18)12-7-10(8-15-3)5-6-11(12)14/h5-7,15-16H,8-9H2,1-4H3. The fourth-order valence-corrected chi connectivity index (χ4v) is 3.13. The molecule has 0 aliphatic rings. The van der Waals surface area contributed by atoms with Crippen molar-refractivity contribution in [2.75, 3.05) is 19.8 Å². The van der Waals surface area contributed by atoms with Crippen LogP contribution in [-0.2, 0) is 16.6 Å². The quantitative estimate of drug-likeness (QED) is 0.806. The van der Waals surface area contributed by atoms with Crippen molar-refractivity contribution in [3.05, 3.63) is 29.6 Å². The van der Waals surface area contributed by atoms with Gasteiger partial charge in [-0.3, -0.25) is 0 Å². The van der Waals surface area contributed by atoms with E-state index in [1.54, 1.807) is 24.9 Å². The second-order valence-electron chi connectivity index (χ2n) is 5.08. The van der Waals surface area contributed by atoms with Gasteiger partial charge in [-0.1, -0.05) is 6.07 Å². The molecular formula is C13H21FN2O2S2. The average molecular weight is 320 g/mol. The van der Waals surface area contributed by atoms with Crippen LogP contribution in [0.4, 0.5) is 4.39 Å². The highest BCUT2D eigenvalue weighted by Crippen LogP contribution is 2.22. The second kappa shape index (κ2) is 6.89. The predicted octanol–water partition coefficient (Wildman–Crippen LogP) is 1.97. The van der Waals surface area contributed by atoms with Gasteiger partial charge in [-0.05, 0) is 44.8 Å². The minimum absolute atomic E-state index is 0.242. The maximum Gasteiger partial charge on any atom is 0.243 e. The number of hydrogen-bond donors (Lipinski definition) is 2. The van der Waals surface area contributed by atoms with E-state index in [-0.39, 0.29) is 16.2 Å². The van der Waals surface area contributed by atoms with E-state index in [2.05, 4.69) is 10.0 Å². The first-order valence-corrected chi connectivity index (χ1v) is 8.90. The van der Waals surface area contributed by atoms with Crippen LogP contribution in [0.3, 0.4) is 0 Å². The minimum Gasteiger partial charge on any atom is -0.316 e. The van der Waals surface area contributed by atoms with Crippen molar-refractivity contribution in [3.8, 4) is 0 Å². The van der Waals surface area contributed by atoms with Gasteiger partial charge in [-0.25, -0.2) is 17.5 Å². The smallest absolute Gasteiger partial charge is 0.243 e. The van der Waals surface area contributed by atoms with Crippen LogP contribution in [0.25, 0.3) is 0 Å². The third-order valence-corrected chi connectivity index (χ3v) is 5.57. The second-order valence-corrected chi connectivity index (χ2v) is 8.33. The molecule has 0 spiro atoms. The van der Waals surface area contributed by atoms with Gasteiger partial charge >= 0.3 is 0 Å². The molecule has 0 saturated heterocycles. The van der Waals surface area contributed by atoms with Gasteiger partial charge in [0.15, 0.2) is 0 Å². The highest BCUT2D eigenvalue weighted by Gasteiger charge is 2.24. The molecule has 0 aliphatic carbocycles. The van der Waals surface area contributed by atoms with E-state index in [1.807, 2.05) is 20.1 Å². The van der Waals surface area contributed by atoms with E-state index in [0.29, 0.717) is 6.54 Å². The van der Waals surface area contributed by atoms with Gasteiger partial charge in [0.25, 0.3) is 0 Å². The first kappa shape index (κ1) is 17.4. The molecular weight excluding hydrogens is 299 g/mol. The van der Waals surface area contributed by atoms with Gasteiger partial charge in [0, 0.05) is 17.8 Å². The fraction of sp³-hybridized carbons (Fsp3) is 0.538.